The van der Waals surface area contributed by atoms with Gasteiger partial charge in [0.2, 0.25) is 4.38 Å². The molecule has 31 heavy (non-hydrogen) atoms. The van der Waals surface area contributed by atoms with E-state index in [-0.39, 0.29) is 25.6 Å². The van der Waals surface area contributed by atoms with Crippen LogP contribution < -0.4 is 10.8 Å². The van der Waals surface area contributed by atoms with Crippen molar-refractivity contribution in [2.24, 2.45) is 5.92 Å². The van der Waals surface area contributed by atoms with Gasteiger partial charge in [-0.05, 0) is 62.1 Å². The molecule has 1 saturated heterocycles. The molecule has 0 aromatic heterocycles. The Kier molecular flexibility index (Phi) is 12.0. The predicted octanol–water partition coefficient (Wildman–Crippen LogP) is 2.61. The van der Waals surface area contributed by atoms with Gasteiger partial charge >= 0.3 is 0 Å². The molecule has 0 aliphatic carbocycles. The number of hydrogen-bond acceptors (Lipinski definition) is 9. The van der Waals surface area contributed by atoms with Crippen LogP contribution in [0.15, 0.2) is 35.6 Å². The summed E-state index contributed by atoms with van der Waals surface area (Å²) in [5, 5.41) is 3.13. The van der Waals surface area contributed by atoms with Gasteiger partial charge in [-0.2, -0.15) is 0 Å². The molecule has 2 atom stereocenters. The molecular formula is C21H29FN2O5S2. The molecule has 1 fully saturated rings. The minimum Gasteiger partial charge on any atom is -0.474 e. The molecule has 0 amide bonds. The van der Waals surface area contributed by atoms with E-state index in [1.165, 1.54) is 30.3 Å². The summed E-state index contributed by atoms with van der Waals surface area (Å²) in [7, 11) is 1.98. The molecule has 2 heterocycles. The largest absolute Gasteiger partial charge is 0.474 e. The third-order valence-corrected chi connectivity index (χ3v) is 5.67. The summed E-state index contributed by atoms with van der Waals surface area (Å²) in [6.07, 6.45) is 3.77. The molecule has 0 spiro atoms. The molecule has 10 heteroatoms. The molecule has 2 aliphatic heterocycles. The van der Waals surface area contributed by atoms with Gasteiger partial charge in [-0.25, -0.2) is 4.39 Å². The van der Waals surface area contributed by atoms with E-state index >= 15 is 0 Å². The fourth-order valence-electron chi connectivity index (χ4n) is 2.96. The van der Waals surface area contributed by atoms with E-state index in [4.69, 9.17) is 31.3 Å². The van der Waals surface area contributed by atoms with Crippen molar-refractivity contribution in [2.75, 3.05) is 46.3 Å². The first kappa shape index (κ1) is 25.7. The molecule has 0 bridgehead atoms. The first-order valence-electron chi connectivity index (χ1n) is 9.92. The van der Waals surface area contributed by atoms with Crippen molar-refractivity contribution < 1.29 is 28.2 Å². The summed E-state index contributed by atoms with van der Waals surface area (Å²) in [5.74, 6) is 0.937. The van der Waals surface area contributed by atoms with Gasteiger partial charge in [-0.3, -0.25) is 0 Å². The summed E-state index contributed by atoms with van der Waals surface area (Å²) < 4.78 is 29.5. The zero-order valence-corrected chi connectivity index (χ0v) is 19.4. The van der Waals surface area contributed by atoms with Crippen molar-refractivity contribution in [1.29, 1.82) is 0 Å². The number of hydrogen-bond donors (Lipinski definition) is 2. The maximum atomic E-state index is 13.1. The number of thiocarbonyl (C=S) groups is 1. The number of ether oxygens (including phenoxy) is 3. The van der Waals surface area contributed by atoms with Gasteiger partial charge < -0.3 is 29.2 Å². The summed E-state index contributed by atoms with van der Waals surface area (Å²) in [6.45, 7) is 3.55. The lowest BCUT2D eigenvalue weighted by molar-refractivity contribution is -0.110. The van der Waals surface area contributed by atoms with E-state index in [1.54, 1.807) is 18.4 Å². The monoisotopic (exact) mass is 472 g/mol. The van der Waals surface area contributed by atoms with Crippen LogP contribution >= 0.6 is 24.0 Å². The SMILES string of the molecule is CNCC1CCOC1.CSC(=S)OCC1=C(COCc2cccc(F)c2)ONC1C=O. The number of carbonyl (C=O) groups excluding carboxylic acids is 1. The lowest BCUT2D eigenvalue weighted by Gasteiger charge is -2.09. The number of aldehydes is 1. The van der Waals surface area contributed by atoms with Crippen molar-refractivity contribution in [3.63, 3.8) is 0 Å². The summed E-state index contributed by atoms with van der Waals surface area (Å²) in [5.41, 5.74) is 3.94. The van der Waals surface area contributed by atoms with Gasteiger partial charge in [0.1, 0.15) is 31.4 Å². The van der Waals surface area contributed by atoms with E-state index in [0.29, 0.717) is 21.3 Å². The van der Waals surface area contributed by atoms with E-state index in [0.717, 1.165) is 32.0 Å². The molecule has 7 nitrogen and oxygen atoms in total. The first-order valence-corrected chi connectivity index (χ1v) is 11.6. The van der Waals surface area contributed by atoms with Crippen LogP contribution in [0, 0.1) is 11.7 Å². The third-order valence-electron chi connectivity index (χ3n) is 4.60. The Morgan fingerprint density at radius 1 is 1.42 bits per heavy atom. The smallest absolute Gasteiger partial charge is 0.220 e. The Balaban J connectivity index is 0.000000357. The molecule has 2 aliphatic rings. The van der Waals surface area contributed by atoms with Crippen LogP contribution in [0.4, 0.5) is 4.39 Å². The second kappa shape index (κ2) is 14.5. The molecule has 172 valence electrons. The Morgan fingerprint density at radius 3 is 2.90 bits per heavy atom. The topological polar surface area (TPSA) is 78.1 Å². The Hall–Kier alpha value is -1.56. The second-order valence-corrected chi connectivity index (χ2v) is 8.34. The van der Waals surface area contributed by atoms with Crippen LogP contribution in [0.3, 0.4) is 0 Å². The average molecular weight is 473 g/mol. The summed E-state index contributed by atoms with van der Waals surface area (Å²) in [6, 6.07) is 5.56. The Morgan fingerprint density at radius 2 is 2.26 bits per heavy atom. The normalized spacial score (nSPS) is 20.1. The van der Waals surface area contributed by atoms with Crippen molar-refractivity contribution in [1.82, 2.24) is 10.8 Å². The van der Waals surface area contributed by atoms with Crippen LogP contribution in [0.1, 0.15) is 12.0 Å². The van der Waals surface area contributed by atoms with Crippen LogP contribution in [-0.4, -0.2) is 63.0 Å². The number of benzene rings is 1. The van der Waals surface area contributed by atoms with Gasteiger partial charge in [0.15, 0.2) is 5.76 Å². The molecule has 0 saturated carbocycles. The number of hydroxylamine groups is 1. The van der Waals surface area contributed by atoms with Gasteiger partial charge in [0.25, 0.3) is 0 Å². The average Bonchev–Trinajstić information content (AvgIpc) is 3.42. The highest BCUT2D eigenvalue weighted by Gasteiger charge is 2.27. The standard InChI is InChI=1S/C15H16FNO4S2.C6H13NO/c1-23-15(22)20-8-12-13(6-18)17-21-14(12)9-19-7-10-3-2-4-11(16)5-10;1-7-4-6-2-3-8-5-6/h2-6,13,17H,7-9H2,1H3;6-7H,2-5H2,1H3. The lowest BCUT2D eigenvalue weighted by atomic mass is 10.1. The van der Waals surface area contributed by atoms with Crippen LogP contribution in [0.5, 0.6) is 0 Å². The highest BCUT2D eigenvalue weighted by atomic mass is 32.2. The van der Waals surface area contributed by atoms with E-state index in [1.807, 2.05) is 7.05 Å². The first-order chi connectivity index (χ1) is 15.1. The van der Waals surface area contributed by atoms with E-state index in [9.17, 15) is 9.18 Å². The molecule has 3 rings (SSSR count). The van der Waals surface area contributed by atoms with Crippen molar-refractivity contribution in [3.8, 4) is 0 Å². The van der Waals surface area contributed by atoms with Crippen LogP contribution in [0.2, 0.25) is 0 Å². The van der Waals surface area contributed by atoms with E-state index in [2.05, 4.69) is 10.8 Å². The molecule has 1 aromatic rings. The summed E-state index contributed by atoms with van der Waals surface area (Å²) >= 11 is 6.27. The van der Waals surface area contributed by atoms with Crippen LogP contribution in [0.25, 0.3) is 0 Å². The zero-order valence-electron chi connectivity index (χ0n) is 17.7. The van der Waals surface area contributed by atoms with Crippen molar-refractivity contribution in [3.05, 3.63) is 47.0 Å². The Labute approximate surface area is 192 Å². The molecule has 2 N–H and O–H groups in total. The predicted molar refractivity (Wildman–Crippen MR) is 122 cm³/mol. The van der Waals surface area contributed by atoms with Crippen molar-refractivity contribution in [2.45, 2.75) is 19.1 Å². The second-order valence-electron chi connectivity index (χ2n) is 6.93. The maximum Gasteiger partial charge on any atom is 0.220 e. The highest BCUT2D eigenvalue weighted by molar-refractivity contribution is 8.22. The van der Waals surface area contributed by atoms with E-state index < -0.39 is 6.04 Å². The fourth-order valence-corrected chi connectivity index (χ4v) is 3.20. The third kappa shape index (κ3) is 9.22. The van der Waals surface area contributed by atoms with Gasteiger partial charge in [-0.15, -0.1) is 5.48 Å². The highest BCUT2D eigenvalue weighted by Crippen LogP contribution is 2.19. The van der Waals surface area contributed by atoms with Gasteiger partial charge in [-0.1, -0.05) is 23.9 Å². The van der Waals surface area contributed by atoms with Crippen molar-refractivity contribution >= 4 is 34.6 Å². The minimum absolute atomic E-state index is 0.137. The molecule has 1 aromatic carbocycles. The minimum atomic E-state index is -0.590. The number of carbonyl (C=O) groups is 1. The lowest BCUT2D eigenvalue weighted by Crippen LogP contribution is -2.27. The number of thioether (sulfide) groups is 1. The number of rotatable bonds is 9. The van der Waals surface area contributed by atoms with Crippen LogP contribution in [-0.2, 0) is 30.4 Å². The molecule has 2 unspecified atom stereocenters. The van der Waals surface area contributed by atoms with Gasteiger partial charge in [0.05, 0.1) is 13.2 Å². The number of halogens is 1. The maximum absolute atomic E-state index is 13.1. The summed E-state index contributed by atoms with van der Waals surface area (Å²) in [4.78, 5) is 16.3. The molecular weight excluding hydrogens is 443 g/mol. The zero-order chi connectivity index (χ0) is 22.5. The Bertz CT molecular complexity index is 744. The fraction of sp³-hybridized carbons (Fsp3) is 0.524. The quantitative estimate of drug-likeness (QED) is 0.417. The molecule has 0 radical (unpaired) electrons. The number of nitrogens with one attached hydrogen (secondary N) is 2. The van der Waals surface area contributed by atoms with Gasteiger partial charge in [0, 0.05) is 12.2 Å².